The van der Waals surface area contributed by atoms with Gasteiger partial charge in [0.25, 0.3) is 0 Å². The van der Waals surface area contributed by atoms with Gasteiger partial charge in [-0.3, -0.25) is 4.79 Å². The van der Waals surface area contributed by atoms with Crippen LogP contribution < -0.4 is 4.90 Å². The molecule has 0 N–H and O–H groups in total. The maximum absolute atomic E-state index is 12.3. The second-order valence-corrected chi connectivity index (χ2v) is 6.87. The Kier molecular flexibility index (Phi) is 4.07. The number of rotatable bonds is 2. The van der Waals surface area contributed by atoms with E-state index in [0.29, 0.717) is 0 Å². The number of nitrogens with zero attached hydrogens (tertiary/aromatic N) is 5. The third-order valence-corrected chi connectivity index (χ3v) is 4.04. The Hall–Kier alpha value is -2.37. The summed E-state index contributed by atoms with van der Waals surface area (Å²) in [6.45, 7) is 8.94. The summed E-state index contributed by atoms with van der Waals surface area (Å²) in [6, 6.07) is 7.88. The van der Waals surface area contributed by atoms with E-state index in [1.54, 1.807) is 0 Å². The number of piperazine rings is 1. The van der Waals surface area contributed by atoms with Crippen LogP contribution in [-0.2, 0) is 4.79 Å². The molecule has 1 amide bonds. The van der Waals surface area contributed by atoms with Crippen molar-refractivity contribution in [2.45, 2.75) is 20.8 Å². The molecule has 122 valence electrons. The SMILES string of the molecule is CC(C)(C)C(=O)N1CCN(c2ccc(-n3cccc3)nn2)CC1. The maximum Gasteiger partial charge on any atom is 0.228 e. The van der Waals surface area contributed by atoms with Gasteiger partial charge in [-0.2, -0.15) is 0 Å². The molecule has 1 saturated heterocycles. The van der Waals surface area contributed by atoms with Crippen molar-refractivity contribution in [3.63, 3.8) is 0 Å². The van der Waals surface area contributed by atoms with Crippen LogP contribution >= 0.6 is 0 Å². The van der Waals surface area contributed by atoms with Crippen molar-refractivity contribution >= 4 is 11.7 Å². The standard InChI is InChI=1S/C17H23N5O/c1-17(2,3)16(23)22-12-10-21(11-13-22)15-7-6-14(18-19-15)20-8-4-5-9-20/h4-9H,10-13H2,1-3H3. The molecule has 1 aliphatic rings. The summed E-state index contributed by atoms with van der Waals surface area (Å²) >= 11 is 0. The van der Waals surface area contributed by atoms with Gasteiger partial charge in [0.2, 0.25) is 5.91 Å². The van der Waals surface area contributed by atoms with Gasteiger partial charge in [0.15, 0.2) is 11.6 Å². The van der Waals surface area contributed by atoms with Gasteiger partial charge in [0.1, 0.15) is 0 Å². The predicted molar refractivity (Wildman–Crippen MR) is 89.6 cm³/mol. The fourth-order valence-electron chi connectivity index (χ4n) is 2.72. The van der Waals surface area contributed by atoms with Crippen molar-refractivity contribution in [1.29, 1.82) is 0 Å². The van der Waals surface area contributed by atoms with E-state index in [9.17, 15) is 4.79 Å². The van der Waals surface area contributed by atoms with Gasteiger partial charge in [-0.1, -0.05) is 20.8 Å². The van der Waals surface area contributed by atoms with E-state index in [2.05, 4.69) is 15.1 Å². The smallest absolute Gasteiger partial charge is 0.228 e. The van der Waals surface area contributed by atoms with Gasteiger partial charge < -0.3 is 14.4 Å². The zero-order valence-corrected chi connectivity index (χ0v) is 13.9. The molecule has 2 aromatic rings. The van der Waals surface area contributed by atoms with Crippen LogP contribution in [0.25, 0.3) is 5.82 Å². The minimum Gasteiger partial charge on any atom is -0.352 e. The van der Waals surface area contributed by atoms with E-state index in [1.165, 1.54) is 0 Å². The minimum atomic E-state index is -0.319. The van der Waals surface area contributed by atoms with Gasteiger partial charge in [0.05, 0.1) is 0 Å². The second kappa shape index (κ2) is 6.02. The minimum absolute atomic E-state index is 0.214. The molecule has 0 aromatic carbocycles. The van der Waals surface area contributed by atoms with Crippen LogP contribution in [0.4, 0.5) is 5.82 Å². The highest BCUT2D eigenvalue weighted by atomic mass is 16.2. The molecule has 3 rings (SSSR count). The van der Waals surface area contributed by atoms with E-state index < -0.39 is 0 Å². The first-order chi connectivity index (χ1) is 10.9. The Morgan fingerprint density at radius 3 is 2.04 bits per heavy atom. The normalized spacial score (nSPS) is 15.8. The molecule has 0 radical (unpaired) electrons. The van der Waals surface area contributed by atoms with Crippen molar-refractivity contribution in [3.05, 3.63) is 36.7 Å². The van der Waals surface area contributed by atoms with Crippen molar-refractivity contribution in [2.75, 3.05) is 31.1 Å². The van der Waals surface area contributed by atoms with Gasteiger partial charge >= 0.3 is 0 Å². The van der Waals surface area contributed by atoms with Crippen LogP contribution in [0.5, 0.6) is 0 Å². The zero-order chi connectivity index (χ0) is 16.4. The largest absolute Gasteiger partial charge is 0.352 e. The van der Waals surface area contributed by atoms with E-state index in [-0.39, 0.29) is 11.3 Å². The summed E-state index contributed by atoms with van der Waals surface area (Å²) in [4.78, 5) is 16.4. The van der Waals surface area contributed by atoms with Crippen molar-refractivity contribution < 1.29 is 4.79 Å². The average Bonchev–Trinajstić information content (AvgIpc) is 3.08. The molecule has 3 heterocycles. The molecule has 0 aliphatic carbocycles. The summed E-state index contributed by atoms with van der Waals surface area (Å²) in [5.74, 6) is 1.88. The monoisotopic (exact) mass is 313 g/mol. The second-order valence-electron chi connectivity index (χ2n) is 6.87. The number of aromatic nitrogens is 3. The third kappa shape index (κ3) is 3.36. The Labute approximate surface area is 136 Å². The lowest BCUT2D eigenvalue weighted by atomic mass is 9.94. The van der Waals surface area contributed by atoms with Crippen LogP contribution in [0.1, 0.15) is 20.8 Å². The number of hydrogen-bond donors (Lipinski definition) is 0. The van der Waals surface area contributed by atoms with Crippen LogP contribution in [0.2, 0.25) is 0 Å². The summed E-state index contributed by atoms with van der Waals surface area (Å²) in [7, 11) is 0. The predicted octanol–water partition coefficient (Wildman–Crippen LogP) is 1.96. The fraction of sp³-hybridized carbons (Fsp3) is 0.471. The van der Waals surface area contributed by atoms with E-state index in [1.807, 2.05) is 66.9 Å². The van der Waals surface area contributed by atoms with Crippen molar-refractivity contribution in [1.82, 2.24) is 19.7 Å². The first kappa shape index (κ1) is 15.5. The third-order valence-electron chi connectivity index (χ3n) is 4.04. The lowest BCUT2D eigenvalue weighted by Gasteiger charge is -2.38. The molecule has 2 aromatic heterocycles. The fourth-order valence-corrected chi connectivity index (χ4v) is 2.72. The number of hydrogen-bond acceptors (Lipinski definition) is 4. The average molecular weight is 313 g/mol. The highest BCUT2D eigenvalue weighted by molar-refractivity contribution is 5.81. The van der Waals surface area contributed by atoms with Crippen LogP contribution in [0, 0.1) is 5.41 Å². The molecule has 1 aliphatic heterocycles. The lowest BCUT2D eigenvalue weighted by molar-refractivity contribution is -0.139. The Morgan fingerprint density at radius 1 is 0.957 bits per heavy atom. The summed E-state index contributed by atoms with van der Waals surface area (Å²) in [5, 5.41) is 8.61. The quantitative estimate of drug-likeness (QED) is 0.850. The van der Waals surface area contributed by atoms with Crippen LogP contribution in [0.3, 0.4) is 0 Å². The van der Waals surface area contributed by atoms with Crippen LogP contribution in [0.15, 0.2) is 36.7 Å². The molecule has 1 fully saturated rings. The highest BCUT2D eigenvalue weighted by Gasteiger charge is 2.29. The van der Waals surface area contributed by atoms with Gasteiger partial charge in [-0.05, 0) is 24.3 Å². The molecule has 0 saturated carbocycles. The molecule has 0 bridgehead atoms. The molecular weight excluding hydrogens is 290 g/mol. The molecule has 0 spiro atoms. The Morgan fingerprint density at radius 2 is 1.52 bits per heavy atom. The van der Waals surface area contributed by atoms with E-state index >= 15 is 0 Å². The van der Waals surface area contributed by atoms with Gasteiger partial charge in [0, 0.05) is 44.0 Å². The van der Waals surface area contributed by atoms with Crippen molar-refractivity contribution in [3.8, 4) is 5.82 Å². The molecule has 23 heavy (non-hydrogen) atoms. The summed E-state index contributed by atoms with van der Waals surface area (Å²) in [6.07, 6.45) is 3.89. The topological polar surface area (TPSA) is 54.3 Å². The maximum atomic E-state index is 12.3. The molecule has 6 heteroatoms. The number of amides is 1. The Balaban J connectivity index is 1.63. The van der Waals surface area contributed by atoms with E-state index in [4.69, 9.17) is 0 Å². The molecule has 6 nitrogen and oxygen atoms in total. The molecule has 0 atom stereocenters. The first-order valence-electron chi connectivity index (χ1n) is 7.96. The number of anilines is 1. The summed E-state index contributed by atoms with van der Waals surface area (Å²) in [5.41, 5.74) is -0.319. The zero-order valence-electron chi connectivity index (χ0n) is 13.9. The van der Waals surface area contributed by atoms with Crippen molar-refractivity contribution in [2.24, 2.45) is 5.41 Å². The molecular formula is C17H23N5O. The lowest BCUT2D eigenvalue weighted by Crippen LogP contribution is -2.51. The molecule has 0 unspecified atom stereocenters. The number of carbonyl (C=O) groups excluding carboxylic acids is 1. The Bertz CT molecular complexity index is 649. The highest BCUT2D eigenvalue weighted by Crippen LogP contribution is 2.20. The number of carbonyl (C=O) groups is 1. The van der Waals surface area contributed by atoms with Gasteiger partial charge in [-0.15, -0.1) is 10.2 Å². The van der Waals surface area contributed by atoms with E-state index in [0.717, 1.165) is 37.8 Å². The summed E-state index contributed by atoms with van der Waals surface area (Å²) < 4.78 is 1.93. The van der Waals surface area contributed by atoms with Gasteiger partial charge in [-0.25, -0.2) is 0 Å². The van der Waals surface area contributed by atoms with Crippen LogP contribution in [-0.4, -0.2) is 51.8 Å². The first-order valence-corrected chi connectivity index (χ1v) is 7.96.